The third kappa shape index (κ3) is 2.40. The summed E-state index contributed by atoms with van der Waals surface area (Å²) >= 11 is 9.87. The molecule has 3 nitrogen and oxygen atoms in total. The first-order valence-corrected chi connectivity index (χ1v) is 6.70. The summed E-state index contributed by atoms with van der Waals surface area (Å²) in [5.41, 5.74) is 0.766. The van der Waals surface area contributed by atoms with Crippen LogP contribution >= 0.6 is 27.5 Å². The first-order chi connectivity index (χ1) is 8.54. The molecule has 5 heteroatoms. The van der Waals surface area contributed by atoms with Crippen LogP contribution in [0.1, 0.15) is 13.8 Å². The number of hydrogen-bond acceptors (Lipinski definition) is 3. The molecular formula is C13H13BrClNO2. The monoisotopic (exact) mass is 329 g/mol. The highest BCUT2D eigenvalue weighted by atomic mass is 79.9. The SMILES string of the molecule is COc1nc2cccc(Br)c2c(Cl)c1OC(C)C. The number of pyridine rings is 1. The third-order valence-corrected chi connectivity index (χ3v) is 3.40. The Bertz CT molecular complexity index is 587. The van der Waals surface area contributed by atoms with Crippen molar-refractivity contribution >= 4 is 38.4 Å². The molecule has 0 aliphatic carbocycles. The number of fused-ring (bicyclic) bond motifs is 1. The van der Waals surface area contributed by atoms with Gasteiger partial charge in [-0.2, -0.15) is 0 Å². The van der Waals surface area contributed by atoms with Crippen molar-refractivity contribution in [2.24, 2.45) is 0 Å². The number of methoxy groups -OCH3 is 1. The molecule has 0 bridgehead atoms. The highest BCUT2D eigenvalue weighted by Gasteiger charge is 2.18. The first-order valence-electron chi connectivity index (χ1n) is 5.53. The molecule has 0 atom stereocenters. The summed E-state index contributed by atoms with van der Waals surface area (Å²) in [4.78, 5) is 4.41. The molecule has 0 saturated carbocycles. The average Bonchev–Trinajstić information content (AvgIpc) is 2.32. The zero-order valence-electron chi connectivity index (χ0n) is 10.3. The van der Waals surface area contributed by atoms with E-state index in [1.807, 2.05) is 32.0 Å². The van der Waals surface area contributed by atoms with Crippen molar-refractivity contribution in [2.45, 2.75) is 20.0 Å². The summed E-state index contributed by atoms with van der Waals surface area (Å²) in [6.45, 7) is 3.86. The van der Waals surface area contributed by atoms with Gasteiger partial charge in [-0.05, 0) is 26.0 Å². The van der Waals surface area contributed by atoms with Crippen LogP contribution in [-0.4, -0.2) is 18.2 Å². The molecule has 0 amide bonds. The van der Waals surface area contributed by atoms with Crippen LogP contribution in [0.25, 0.3) is 10.9 Å². The maximum atomic E-state index is 6.40. The van der Waals surface area contributed by atoms with Crippen molar-refractivity contribution < 1.29 is 9.47 Å². The predicted molar refractivity (Wildman–Crippen MR) is 76.8 cm³/mol. The van der Waals surface area contributed by atoms with Crippen molar-refractivity contribution in [2.75, 3.05) is 7.11 Å². The molecule has 1 aromatic heterocycles. The number of halogens is 2. The van der Waals surface area contributed by atoms with E-state index in [2.05, 4.69) is 20.9 Å². The number of aromatic nitrogens is 1. The minimum absolute atomic E-state index is 0.00172. The van der Waals surface area contributed by atoms with Gasteiger partial charge < -0.3 is 9.47 Å². The van der Waals surface area contributed by atoms with Gasteiger partial charge in [0.15, 0.2) is 0 Å². The van der Waals surface area contributed by atoms with Crippen LogP contribution in [0.3, 0.4) is 0 Å². The lowest BCUT2D eigenvalue weighted by Crippen LogP contribution is -2.08. The van der Waals surface area contributed by atoms with E-state index in [4.69, 9.17) is 21.1 Å². The predicted octanol–water partition coefficient (Wildman–Crippen LogP) is 4.45. The third-order valence-electron chi connectivity index (χ3n) is 2.37. The summed E-state index contributed by atoms with van der Waals surface area (Å²) in [5.74, 6) is 0.882. The second-order valence-electron chi connectivity index (χ2n) is 4.06. The van der Waals surface area contributed by atoms with Crippen molar-refractivity contribution in [3.05, 3.63) is 27.7 Å². The van der Waals surface area contributed by atoms with Crippen molar-refractivity contribution in [3.63, 3.8) is 0 Å². The van der Waals surface area contributed by atoms with Crippen molar-refractivity contribution in [1.29, 1.82) is 0 Å². The van der Waals surface area contributed by atoms with Gasteiger partial charge in [-0.1, -0.05) is 33.6 Å². The second kappa shape index (κ2) is 5.33. The minimum atomic E-state index is -0.00172. The van der Waals surface area contributed by atoms with Gasteiger partial charge in [0.1, 0.15) is 0 Å². The largest absolute Gasteiger partial charge is 0.484 e. The zero-order chi connectivity index (χ0) is 13.3. The topological polar surface area (TPSA) is 31.4 Å². The number of rotatable bonds is 3. The Labute approximate surface area is 119 Å². The number of benzene rings is 1. The van der Waals surface area contributed by atoms with Crippen LogP contribution in [-0.2, 0) is 0 Å². The smallest absolute Gasteiger partial charge is 0.258 e. The van der Waals surface area contributed by atoms with Crippen LogP contribution in [0.4, 0.5) is 0 Å². The van der Waals surface area contributed by atoms with E-state index in [-0.39, 0.29) is 6.10 Å². The fourth-order valence-electron chi connectivity index (χ4n) is 1.67. The lowest BCUT2D eigenvalue weighted by molar-refractivity contribution is 0.228. The van der Waals surface area contributed by atoms with Gasteiger partial charge in [0, 0.05) is 9.86 Å². The summed E-state index contributed by atoms with van der Waals surface area (Å²) in [6.07, 6.45) is -0.00172. The first kappa shape index (κ1) is 13.4. The Hall–Kier alpha value is -1.00. The van der Waals surface area contributed by atoms with Gasteiger partial charge in [0.05, 0.1) is 23.8 Å². The highest BCUT2D eigenvalue weighted by Crippen LogP contribution is 2.41. The molecule has 1 aromatic carbocycles. The molecule has 0 unspecified atom stereocenters. The van der Waals surface area contributed by atoms with Crippen LogP contribution < -0.4 is 9.47 Å². The van der Waals surface area contributed by atoms with E-state index >= 15 is 0 Å². The maximum absolute atomic E-state index is 6.40. The Morgan fingerprint density at radius 2 is 2.06 bits per heavy atom. The molecule has 0 saturated heterocycles. The summed E-state index contributed by atoms with van der Waals surface area (Å²) < 4.78 is 11.8. The van der Waals surface area contributed by atoms with Gasteiger partial charge in [0.2, 0.25) is 5.75 Å². The van der Waals surface area contributed by atoms with Crippen LogP contribution in [0.5, 0.6) is 11.6 Å². The van der Waals surface area contributed by atoms with E-state index < -0.39 is 0 Å². The lowest BCUT2D eigenvalue weighted by Gasteiger charge is -2.16. The van der Waals surface area contributed by atoms with Gasteiger partial charge >= 0.3 is 0 Å². The molecule has 0 spiro atoms. The molecule has 2 aromatic rings. The molecule has 18 heavy (non-hydrogen) atoms. The number of nitrogens with zero attached hydrogens (tertiary/aromatic N) is 1. The van der Waals surface area contributed by atoms with Crippen LogP contribution in [0.15, 0.2) is 22.7 Å². The normalized spacial score (nSPS) is 11.0. The summed E-state index contributed by atoms with van der Waals surface area (Å²) in [6, 6.07) is 5.70. The fraction of sp³-hybridized carbons (Fsp3) is 0.308. The van der Waals surface area contributed by atoms with E-state index in [1.54, 1.807) is 7.11 Å². The summed E-state index contributed by atoms with van der Waals surface area (Å²) in [7, 11) is 1.55. The second-order valence-corrected chi connectivity index (χ2v) is 5.30. The zero-order valence-corrected chi connectivity index (χ0v) is 12.7. The van der Waals surface area contributed by atoms with Gasteiger partial charge in [-0.25, -0.2) is 4.98 Å². The van der Waals surface area contributed by atoms with Gasteiger partial charge in [-0.15, -0.1) is 0 Å². The van der Waals surface area contributed by atoms with E-state index in [1.165, 1.54) is 0 Å². The standard InChI is InChI=1S/C13H13BrClNO2/c1-7(2)18-12-11(15)10-8(14)5-4-6-9(10)16-13(12)17-3/h4-7H,1-3H3. The van der Waals surface area contributed by atoms with Gasteiger partial charge in [-0.3, -0.25) is 0 Å². The van der Waals surface area contributed by atoms with Crippen LogP contribution in [0.2, 0.25) is 5.02 Å². The van der Waals surface area contributed by atoms with E-state index in [9.17, 15) is 0 Å². The molecular weight excluding hydrogens is 318 g/mol. The average molecular weight is 331 g/mol. The van der Waals surface area contributed by atoms with Crippen molar-refractivity contribution in [3.8, 4) is 11.6 Å². The van der Waals surface area contributed by atoms with Crippen molar-refractivity contribution in [1.82, 2.24) is 4.98 Å². The fourth-order valence-corrected chi connectivity index (χ4v) is 2.66. The molecule has 0 aliphatic heterocycles. The molecule has 1 heterocycles. The lowest BCUT2D eigenvalue weighted by atomic mass is 10.2. The highest BCUT2D eigenvalue weighted by molar-refractivity contribution is 9.10. The van der Waals surface area contributed by atoms with Crippen LogP contribution in [0, 0.1) is 0 Å². The molecule has 2 rings (SSSR count). The number of hydrogen-bond donors (Lipinski definition) is 0. The summed E-state index contributed by atoms with van der Waals surface area (Å²) in [5, 5.41) is 1.34. The molecule has 0 N–H and O–H groups in total. The molecule has 96 valence electrons. The number of ether oxygens (including phenoxy) is 2. The van der Waals surface area contributed by atoms with E-state index in [0.29, 0.717) is 16.7 Å². The van der Waals surface area contributed by atoms with E-state index in [0.717, 1.165) is 15.4 Å². The molecule has 0 fully saturated rings. The maximum Gasteiger partial charge on any atom is 0.258 e. The Kier molecular flexibility index (Phi) is 3.97. The molecule has 0 radical (unpaired) electrons. The Morgan fingerprint density at radius 3 is 2.67 bits per heavy atom. The minimum Gasteiger partial charge on any atom is -0.484 e. The molecule has 0 aliphatic rings. The quantitative estimate of drug-likeness (QED) is 0.833. The Morgan fingerprint density at radius 1 is 1.33 bits per heavy atom. The Balaban J connectivity index is 2.75. The van der Waals surface area contributed by atoms with Gasteiger partial charge in [0.25, 0.3) is 5.88 Å².